The number of halogens is 1. The number of nitrogens with two attached hydrogens (primary N) is 1. The van der Waals surface area contributed by atoms with E-state index in [2.05, 4.69) is 15.1 Å². The number of nitrogen functional groups attached to an aromatic ring is 1. The second kappa shape index (κ2) is 7.19. The number of benzene rings is 2. The molecule has 0 aliphatic carbocycles. The molecule has 6 nitrogen and oxygen atoms in total. The molecule has 5 rings (SSSR count). The summed E-state index contributed by atoms with van der Waals surface area (Å²) in [6.07, 6.45) is 2.37. The van der Waals surface area contributed by atoms with E-state index < -0.39 is 0 Å². The van der Waals surface area contributed by atoms with Crippen LogP contribution in [-0.4, -0.2) is 20.3 Å². The molecule has 0 radical (unpaired) electrons. The Hall–Kier alpha value is -3.29. The van der Waals surface area contributed by atoms with Crippen molar-refractivity contribution in [2.75, 3.05) is 5.73 Å². The van der Waals surface area contributed by atoms with E-state index in [0.717, 1.165) is 33.1 Å². The molecule has 148 valence electrons. The molecule has 3 heterocycles. The van der Waals surface area contributed by atoms with E-state index in [1.165, 1.54) is 15.9 Å². The number of aromatic nitrogens is 3. The third-order valence-corrected chi connectivity index (χ3v) is 6.12. The Morgan fingerprint density at radius 2 is 1.93 bits per heavy atom. The molecule has 4 aromatic rings. The number of nitrogens with zero attached hydrogens (tertiary/aromatic N) is 4. The van der Waals surface area contributed by atoms with Crippen molar-refractivity contribution >= 4 is 56.8 Å². The Kier molecular flexibility index (Phi) is 4.49. The lowest BCUT2D eigenvalue weighted by Gasteiger charge is -2.04. The zero-order chi connectivity index (χ0) is 20.8. The number of fused-ring (bicyclic) bond motifs is 2. The number of aliphatic imine (C=N–C) groups is 1. The predicted octanol–water partition coefficient (Wildman–Crippen LogP) is 4.62. The van der Waals surface area contributed by atoms with Gasteiger partial charge in [0.1, 0.15) is 10.8 Å². The summed E-state index contributed by atoms with van der Waals surface area (Å²) in [7, 11) is 0. The van der Waals surface area contributed by atoms with E-state index in [-0.39, 0.29) is 11.4 Å². The average Bonchev–Trinajstić information content (AvgIpc) is 3.27. The summed E-state index contributed by atoms with van der Waals surface area (Å²) >= 11 is 7.30. The van der Waals surface area contributed by atoms with Gasteiger partial charge in [0, 0.05) is 28.3 Å². The van der Waals surface area contributed by atoms with Gasteiger partial charge in [-0.3, -0.25) is 9.79 Å². The predicted molar refractivity (Wildman–Crippen MR) is 123 cm³/mol. The van der Waals surface area contributed by atoms with Crippen LogP contribution in [0.25, 0.3) is 16.6 Å². The van der Waals surface area contributed by atoms with Crippen molar-refractivity contribution in [3.8, 4) is 0 Å². The van der Waals surface area contributed by atoms with E-state index in [4.69, 9.17) is 17.3 Å². The highest BCUT2D eigenvalue weighted by atomic mass is 35.5. The molecule has 0 amide bonds. The molecule has 2 aromatic carbocycles. The Morgan fingerprint density at radius 1 is 1.17 bits per heavy atom. The topological polar surface area (TPSA) is 85.6 Å². The largest absolute Gasteiger partial charge is 0.383 e. The molecular weight excluding hydrogens is 418 g/mol. The highest BCUT2D eigenvalue weighted by Crippen LogP contribution is 2.35. The summed E-state index contributed by atoms with van der Waals surface area (Å²) < 4.78 is 1.54. The van der Waals surface area contributed by atoms with Crippen molar-refractivity contribution in [2.45, 2.75) is 13.3 Å². The molecule has 0 saturated heterocycles. The van der Waals surface area contributed by atoms with E-state index in [0.29, 0.717) is 22.0 Å². The zero-order valence-electron chi connectivity index (χ0n) is 16.0. The lowest BCUT2D eigenvalue weighted by atomic mass is 10.0. The van der Waals surface area contributed by atoms with Gasteiger partial charge in [0.25, 0.3) is 5.56 Å². The standard InChI is InChI=1S/C22H16ClN5OS/c1-12-16(15-4-2-3-5-18(15)25-12)11-17-20(24)28-22(26-21(17)29)30-19(27-28)10-13-6-8-14(23)9-7-13/h2-9,11H,10,24H2,1H3/b16-11-. The van der Waals surface area contributed by atoms with E-state index >= 15 is 0 Å². The molecule has 0 unspecified atom stereocenters. The molecule has 8 heteroatoms. The number of para-hydroxylation sites is 1. The Labute approximate surface area is 181 Å². The van der Waals surface area contributed by atoms with Crippen LogP contribution in [0.15, 0.2) is 58.3 Å². The van der Waals surface area contributed by atoms with E-state index in [1.54, 1.807) is 6.08 Å². The van der Waals surface area contributed by atoms with Crippen LogP contribution in [0.3, 0.4) is 0 Å². The summed E-state index contributed by atoms with van der Waals surface area (Å²) in [4.78, 5) is 22.0. The Morgan fingerprint density at radius 3 is 2.73 bits per heavy atom. The lowest BCUT2D eigenvalue weighted by Crippen LogP contribution is -2.17. The summed E-state index contributed by atoms with van der Waals surface area (Å²) in [5.41, 5.74) is 10.9. The number of anilines is 1. The first-order chi connectivity index (χ1) is 14.5. The zero-order valence-corrected chi connectivity index (χ0v) is 17.5. The highest BCUT2D eigenvalue weighted by molar-refractivity contribution is 7.16. The van der Waals surface area contributed by atoms with Crippen LogP contribution < -0.4 is 11.3 Å². The van der Waals surface area contributed by atoms with Gasteiger partial charge in [0.15, 0.2) is 0 Å². The summed E-state index contributed by atoms with van der Waals surface area (Å²) in [6.45, 7) is 1.92. The maximum atomic E-state index is 12.7. The average molecular weight is 434 g/mol. The number of allylic oxidation sites excluding steroid dienone is 1. The number of hydrogen-bond acceptors (Lipinski definition) is 6. The van der Waals surface area contributed by atoms with Crippen LogP contribution in [0, 0.1) is 0 Å². The van der Waals surface area contributed by atoms with Crippen molar-refractivity contribution in [1.29, 1.82) is 0 Å². The monoisotopic (exact) mass is 433 g/mol. The fourth-order valence-corrected chi connectivity index (χ4v) is 4.52. The van der Waals surface area contributed by atoms with E-state index in [1.807, 2.05) is 55.5 Å². The van der Waals surface area contributed by atoms with Gasteiger partial charge in [-0.25, -0.2) is 0 Å². The smallest absolute Gasteiger partial charge is 0.283 e. The molecule has 2 aromatic heterocycles. The quantitative estimate of drug-likeness (QED) is 0.510. The Bertz CT molecular complexity index is 1420. The third-order valence-electron chi connectivity index (χ3n) is 4.96. The summed E-state index contributed by atoms with van der Waals surface area (Å²) in [5, 5.41) is 6.08. The molecule has 0 atom stereocenters. The molecule has 30 heavy (non-hydrogen) atoms. The minimum atomic E-state index is -0.376. The molecule has 1 aliphatic rings. The molecule has 0 bridgehead atoms. The fourth-order valence-electron chi connectivity index (χ4n) is 3.47. The van der Waals surface area contributed by atoms with Gasteiger partial charge >= 0.3 is 0 Å². The normalized spacial score (nSPS) is 14.3. The Balaban J connectivity index is 1.58. The van der Waals surface area contributed by atoms with Crippen molar-refractivity contribution < 1.29 is 0 Å². The maximum Gasteiger partial charge on any atom is 0.283 e. The van der Waals surface area contributed by atoms with Gasteiger partial charge in [-0.15, -0.1) is 0 Å². The second-order valence-corrected chi connectivity index (χ2v) is 8.46. The first kappa shape index (κ1) is 18.7. The van der Waals surface area contributed by atoms with Gasteiger partial charge in [-0.1, -0.05) is 53.3 Å². The van der Waals surface area contributed by atoms with Crippen LogP contribution in [0.5, 0.6) is 0 Å². The fraction of sp³-hybridized carbons (Fsp3) is 0.0909. The molecule has 0 saturated carbocycles. The highest BCUT2D eigenvalue weighted by Gasteiger charge is 2.20. The summed E-state index contributed by atoms with van der Waals surface area (Å²) in [5.74, 6) is 0.272. The van der Waals surface area contributed by atoms with Crippen LogP contribution in [0.1, 0.15) is 28.6 Å². The first-order valence-corrected chi connectivity index (χ1v) is 10.5. The minimum Gasteiger partial charge on any atom is -0.383 e. The van der Waals surface area contributed by atoms with Crippen molar-refractivity contribution in [3.63, 3.8) is 0 Å². The maximum absolute atomic E-state index is 12.7. The van der Waals surface area contributed by atoms with Gasteiger partial charge in [-0.2, -0.15) is 14.6 Å². The van der Waals surface area contributed by atoms with Gasteiger partial charge in [0.05, 0.1) is 11.3 Å². The minimum absolute atomic E-state index is 0.272. The van der Waals surface area contributed by atoms with Gasteiger partial charge in [-0.05, 0) is 36.8 Å². The third kappa shape index (κ3) is 3.22. The second-order valence-electron chi connectivity index (χ2n) is 6.98. The number of rotatable bonds is 3. The lowest BCUT2D eigenvalue weighted by molar-refractivity contribution is 0.901. The van der Waals surface area contributed by atoms with Crippen molar-refractivity contribution in [1.82, 2.24) is 14.6 Å². The first-order valence-electron chi connectivity index (χ1n) is 9.29. The van der Waals surface area contributed by atoms with Crippen LogP contribution >= 0.6 is 22.9 Å². The van der Waals surface area contributed by atoms with Crippen LogP contribution in [0.2, 0.25) is 5.02 Å². The van der Waals surface area contributed by atoms with Crippen molar-refractivity contribution in [3.05, 3.63) is 85.6 Å². The van der Waals surface area contributed by atoms with E-state index in [9.17, 15) is 4.79 Å². The van der Waals surface area contributed by atoms with Crippen molar-refractivity contribution in [2.24, 2.45) is 4.99 Å². The molecule has 0 spiro atoms. The summed E-state index contributed by atoms with van der Waals surface area (Å²) in [6, 6.07) is 15.4. The van der Waals surface area contributed by atoms with Gasteiger partial charge in [0.2, 0.25) is 4.96 Å². The van der Waals surface area contributed by atoms with Crippen LogP contribution in [0.4, 0.5) is 11.5 Å². The SMILES string of the molecule is CC1=Nc2ccccc2/C1=C\c1c(N)n2nc(Cc3ccc(Cl)cc3)sc2nc1=O. The van der Waals surface area contributed by atoms with Crippen LogP contribution in [-0.2, 0) is 6.42 Å². The molecule has 2 N–H and O–H groups in total. The molecule has 1 aliphatic heterocycles. The molecule has 0 fully saturated rings. The van der Waals surface area contributed by atoms with Gasteiger partial charge < -0.3 is 5.73 Å². The number of hydrogen-bond donors (Lipinski definition) is 1. The molecular formula is C22H16ClN5OS.